The van der Waals surface area contributed by atoms with Crippen LogP contribution in [0.2, 0.25) is 0 Å². The zero-order chi connectivity index (χ0) is 19.8. The molecule has 2 atom stereocenters. The molecule has 7 nitrogen and oxygen atoms in total. The van der Waals surface area contributed by atoms with Gasteiger partial charge in [-0.05, 0) is 18.2 Å². The fourth-order valence-corrected chi connectivity index (χ4v) is 4.33. The summed E-state index contributed by atoms with van der Waals surface area (Å²) in [5.41, 5.74) is 2.36. The van der Waals surface area contributed by atoms with Crippen LogP contribution in [0.4, 0.5) is 5.82 Å². The molecule has 5 rings (SSSR count). The van der Waals surface area contributed by atoms with Gasteiger partial charge in [0.05, 0.1) is 17.5 Å². The first kappa shape index (κ1) is 17.6. The molecule has 1 amide bonds. The van der Waals surface area contributed by atoms with Crippen molar-refractivity contribution in [3.63, 3.8) is 0 Å². The number of likely N-dealkylation sites (tertiary alicyclic amines) is 1. The van der Waals surface area contributed by atoms with Gasteiger partial charge in [-0.15, -0.1) is 10.2 Å². The first-order valence-corrected chi connectivity index (χ1v) is 9.75. The molecular weight excluding hydrogens is 366 g/mol. The summed E-state index contributed by atoms with van der Waals surface area (Å²) in [6, 6.07) is 15.5. The molecule has 4 heterocycles. The van der Waals surface area contributed by atoms with Crippen LogP contribution < -0.4 is 4.90 Å². The van der Waals surface area contributed by atoms with Crippen molar-refractivity contribution in [2.75, 3.05) is 31.1 Å². The molecule has 3 aromatic rings. The molecule has 146 valence electrons. The van der Waals surface area contributed by atoms with Gasteiger partial charge >= 0.3 is 0 Å². The molecule has 2 unspecified atom stereocenters. The molecule has 2 fully saturated rings. The summed E-state index contributed by atoms with van der Waals surface area (Å²) in [6.07, 6.45) is 2.84. The van der Waals surface area contributed by atoms with E-state index in [0.29, 0.717) is 30.5 Å². The lowest BCUT2D eigenvalue weighted by atomic mass is 10.0. The topological polar surface area (TPSA) is 82.5 Å². The van der Waals surface area contributed by atoms with Gasteiger partial charge in [-0.25, -0.2) is 0 Å². The Morgan fingerprint density at radius 1 is 0.931 bits per heavy atom. The van der Waals surface area contributed by atoms with Crippen molar-refractivity contribution in [1.82, 2.24) is 20.1 Å². The van der Waals surface area contributed by atoms with E-state index in [1.807, 2.05) is 47.4 Å². The highest BCUT2D eigenvalue weighted by atomic mass is 16.3. The molecular formula is C22H21N5O2. The molecule has 29 heavy (non-hydrogen) atoms. The molecule has 0 radical (unpaired) electrons. The SMILES string of the molecule is O=C(c1cncc(O)c1)N1CC2CN(c3ccc(-c4ccccc4)nn3)CC2C1. The number of fused-ring (bicyclic) bond motifs is 1. The van der Waals surface area contributed by atoms with Gasteiger partial charge in [0, 0.05) is 49.8 Å². The Balaban J connectivity index is 1.24. The number of hydrogen-bond acceptors (Lipinski definition) is 6. The van der Waals surface area contributed by atoms with E-state index in [0.717, 1.165) is 30.2 Å². The second kappa shape index (κ2) is 7.16. The zero-order valence-corrected chi connectivity index (χ0v) is 15.8. The molecule has 0 saturated carbocycles. The fourth-order valence-electron chi connectivity index (χ4n) is 4.33. The van der Waals surface area contributed by atoms with Gasteiger partial charge < -0.3 is 14.9 Å². The van der Waals surface area contributed by atoms with Crippen LogP contribution in [0.25, 0.3) is 11.3 Å². The van der Waals surface area contributed by atoms with Crippen LogP contribution in [0.5, 0.6) is 5.75 Å². The highest BCUT2D eigenvalue weighted by Gasteiger charge is 2.42. The van der Waals surface area contributed by atoms with Crippen molar-refractivity contribution in [2.45, 2.75) is 0 Å². The van der Waals surface area contributed by atoms with Crippen LogP contribution in [0, 0.1) is 11.8 Å². The van der Waals surface area contributed by atoms with Gasteiger partial charge in [0.15, 0.2) is 5.82 Å². The Bertz CT molecular complexity index is 1010. The Hall–Kier alpha value is -3.48. The first-order valence-electron chi connectivity index (χ1n) is 9.75. The van der Waals surface area contributed by atoms with Crippen molar-refractivity contribution in [3.05, 3.63) is 66.5 Å². The number of rotatable bonds is 3. The average Bonchev–Trinajstić information content (AvgIpc) is 3.33. The third-order valence-electron chi connectivity index (χ3n) is 5.79. The van der Waals surface area contributed by atoms with E-state index in [4.69, 9.17) is 0 Å². The van der Waals surface area contributed by atoms with Gasteiger partial charge in [0.25, 0.3) is 5.91 Å². The molecule has 2 aromatic heterocycles. The Kier molecular flexibility index (Phi) is 4.35. The number of hydrogen-bond donors (Lipinski definition) is 1. The number of carbonyl (C=O) groups excluding carboxylic acids is 1. The normalized spacial score (nSPS) is 20.7. The van der Waals surface area contributed by atoms with Crippen molar-refractivity contribution in [3.8, 4) is 17.0 Å². The quantitative estimate of drug-likeness (QED) is 0.743. The summed E-state index contributed by atoms with van der Waals surface area (Å²) < 4.78 is 0. The lowest BCUT2D eigenvalue weighted by Gasteiger charge is -2.22. The summed E-state index contributed by atoms with van der Waals surface area (Å²) in [7, 11) is 0. The number of benzene rings is 1. The molecule has 2 aliphatic rings. The van der Waals surface area contributed by atoms with Crippen LogP contribution in [0.15, 0.2) is 60.9 Å². The Morgan fingerprint density at radius 3 is 2.34 bits per heavy atom. The molecule has 2 saturated heterocycles. The van der Waals surface area contributed by atoms with Crippen molar-refractivity contribution < 1.29 is 9.90 Å². The second-order valence-corrected chi connectivity index (χ2v) is 7.71. The smallest absolute Gasteiger partial charge is 0.255 e. The maximum atomic E-state index is 12.7. The van der Waals surface area contributed by atoms with E-state index in [2.05, 4.69) is 20.1 Å². The van der Waals surface area contributed by atoms with Crippen molar-refractivity contribution >= 4 is 11.7 Å². The summed E-state index contributed by atoms with van der Waals surface area (Å²) in [5.74, 6) is 1.66. The second-order valence-electron chi connectivity index (χ2n) is 7.71. The molecule has 0 bridgehead atoms. The summed E-state index contributed by atoms with van der Waals surface area (Å²) in [6.45, 7) is 3.16. The first-order chi connectivity index (χ1) is 14.2. The number of carbonyl (C=O) groups is 1. The fraction of sp³-hybridized carbons (Fsp3) is 0.273. The van der Waals surface area contributed by atoms with Gasteiger partial charge in [-0.1, -0.05) is 30.3 Å². The van der Waals surface area contributed by atoms with Crippen LogP contribution in [0.1, 0.15) is 10.4 Å². The third kappa shape index (κ3) is 3.40. The number of anilines is 1. The van der Waals surface area contributed by atoms with Crippen LogP contribution in [-0.2, 0) is 0 Å². The van der Waals surface area contributed by atoms with E-state index in [1.165, 1.54) is 18.5 Å². The van der Waals surface area contributed by atoms with Crippen molar-refractivity contribution in [1.29, 1.82) is 0 Å². The zero-order valence-electron chi connectivity index (χ0n) is 15.8. The Labute approximate surface area is 168 Å². The number of pyridine rings is 1. The van der Waals surface area contributed by atoms with Gasteiger partial charge in [-0.3, -0.25) is 9.78 Å². The van der Waals surface area contributed by atoms with Crippen LogP contribution in [-0.4, -0.2) is 57.3 Å². The summed E-state index contributed by atoms with van der Waals surface area (Å²) >= 11 is 0. The number of aromatic hydroxyl groups is 1. The third-order valence-corrected chi connectivity index (χ3v) is 5.79. The highest BCUT2D eigenvalue weighted by molar-refractivity contribution is 5.94. The minimum Gasteiger partial charge on any atom is -0.506 e. The minimum atomic E-state index is -0.0682. The Morgan fingerprint density at radius 2 is 1.69 bits per heavy atom. The number of aromatic nitrogens is 3. The average molecular weight is 387 g/mol. The van der Waals surface area contributed by atoms with Gasteiger partial charge in [-0.2, -0.15) is 0 Å². The highest BCUT2D eigenvalue weighted by Crippen LogP contribution is 2.34. The number of nitrogens with zero attached hydrogens (tertiary/aromatic N) is 5. The maximum Gasteiger partial charge on any atom is 0.255 e. The summed E-state index contributed by atoms with van der Waals surface area (Å²) in [4.78, 5) is 20.7. The monoisotopic (exact) mass is 387 g/mol. The van der Waals surface area contributed by atoms with Crippen molar-refractivity contribution in [2.24, 2.45) is 11.8 Å². The summed E-state index contributed by atoms with van der Waals surface area (Å²) in [5, 5.41) is 18.4. The predicted octanol–water partition coefficient (Wildman–Crippen LogP) is 2.45. The molecule has 0 aliphatic carbocycles. The van der Waals surface area contributed by atoms with Crippen LogP contribution in [0.3, 0.4) is 0 Å². The number of amides is 1. The van der Waals surface area contributed by atoms with E-state index < -0.39 is 0 Å². The lowest BCUT2D eigenvalue weighted by molar-refractivity contribution is 0.0781. The molecule has 0 spiro atoms. The van der Waals surface area contributed by atoms with E-state index >= 15 is 0 Å². The molecule has 7 heteroatoms. The standard InChI is InChI=1S/C22H21N5O2/c28-19-8-16(9-23-10-19)22(29)27-13-17-11-26(12-18(17)14-27)21-7-6-20(24-25-21)15-4-2-1-3-5-15/h1-10,17-18,28H,11-14H2. The maximum absolute atomic E-state index is 12.7. The predicted molar refractivity (Wildman–Crippen MR) is 108 cm³/mol. The van der Waals surface area contributed by atoms with Gasteiger partial charge in [0.1, 0.15) is 5.75 Å². The van der Waals surface area contributed by atoms with Gasteiger partial charge in [0.2, 0.25) is 0 Å². The lowest BCUT2D eigenvalue weighted by Crippen LogP contribution is -2.33. The van der Waals surface area contributed by atoms with E-state index in [-0.39, 0.29) is 11.7 Å². The molecule has 1 N–H and O–H groups in total. The van der Waals surface area contributed by atoms with E-state index in [1.54, 1.807) is 0 Å². The molecule has 2 aliphatic heterocycles. The van der Waals surface area contributed by atoms with E-state index in [9.17, 15) is 9.90 Å². The van der Waals surface area contributed by atoms with Crippen LogP contribution >= 0.6 is 0 Å². The molecule has 1 aromatic carbocycles. The largest absolute Gasteiger partial charge is 0.506 e. The minimum absolute atomic E-state index is 0.0129.